The Kier molecular flexibility index (Phi) is 7.94. The van der Waals surface area contributed by atoms with Crippen molar-refractivity contribution < 1.29 is 19.0 Å². The Bertz CT molecular complexity index is 960. The predicted octanol–water partition coefficient (Wildman–Crippen LogP) is 4.35. The van der Waals surface area contributed by atoms with Crippen LogP contribution in [0.5, 0.6) is 17.2 Å². The number of amides is 1. The fraction of sp³-hybridized carbons (Fsp3) is 0.348. The van der Waals surface area contributed by atoms with Crippen LogP contribution in [0.1, 0.15) is 30.9 Å². The summed E-state index contributed by atoms with van der Waals surface area (Å²) >= 11 is 1.47. The number of benzene rings is 2. The minimum atomic E-state index is -0.132. The number of hydrogen-bond acceptors (Lipinski definition) is 7. The number of ether oxygens (including phenoxy) is 3. The van der Waals surface area contributed by atoms with Crippen molar-refractivity contribution in [3.63, 3.8) is 0 Å². The van der Waals surface area contributed by atoms with E-state index in [4.69, 9.17) is 14.2 Å². The van der Waals surface area contributed by atoms with E-state index >= 15 is 0 Å². The molecule has 8 heteroatoms. The van der Waals surface area contributed by atoms with Crippen molar-refractivity contribution >= 4 is 29.1 Å². The lowest BCUT2D eigenvalue weighted by Gasteiger charge is -2.16. The lowest BCUT2D eigenvalue weighted by molar-refractivity contribution is -0.126. The normalized spacial score (nSPS) is 17.5. The van der Waals surface area contributed by atoms with E-state index in [9.17, 15) is 4.79 Å². The maximum Gasteiger partial charge on any atom is 0.242 e. The molecule has 0 aliphatic carbocycles. The van der Waals surface area contributed by atoms with E-state index in [1.165, 1.54) is 11.8 Å². The number of amidine groups is 1. The van der Waals surface area contributed by atoms with Gasteiger partial charge in [0.1, 0.15) is 17.2 Å². The molecular weight excluding hydrogens is 414 g/mol. The molecule has 0 saturated carbocycles. The molecule has 1 amide bonds. The van der Waals surface area contributed by atoms with Gasteiger partial charge in [0.2, 0.25) is 5.91 Å². The van der Waals surface area contributed by atoms with E-state index in [1.54, 1.807) is 38.5 Å². The number of carbonyl (C=O) groups excluding carboxylic acids is 1. The summed E-state index contributed by atoms with van der Waals surface area (Å²) in [5.41, 5.74) is 1.77. The minimum Gasteiger partial charge on any atom is -0.497 e. The third kappa shape index (κ3) is 5.58. The van der Waals surface area contributed by atoms with E-state index in [2.05, 4.69) is 17.1 Å². The van der Waals surface area contributed by atoms with Crippen LogP contribution in [-0.2, 0) is 11.3 Å². The van der Waals surface area contributed by atoms with E-state index in [0.717, 1.165) is 29.7 Å². The third-order valence-electron chi connectivity index (χ3n) is 4.85. The molecule has 7 nitrogen and oxygen atoms in total. The molecule has 0 spiro atoms. The molecule has 0 unspecified atom stereocenters. The van der Waals surface area contributed by atoms with Crippen LogP contribution in [0.25, 0.3) is 0 Å². The average molecular weight is 442 g/mol. The van der Waals surface area contributed by atoms with Crippen molar-refractivity contribution in [3.05, 3.63) is 53.6 Å². The van der Waals surface area contributed by atoms with Gasteiger partial charge in [-0.2, -0.15) is 5.10 Å². The molecule has 2 aromatic rings. The maximum absolute atomic E-state index is 13.0. The standard InChI is InChI=1S/C23H27N3O4S/c1-5-6-21-22(27)26(15-16-7-10-18(28-2)11-8-16)23(31-21)25-24-14-17-9-12-19(29-3)13-20(17)30-4/h7-14,21H,5-6,15H2,1-4H3/b24-14-,25-23-/t21-/m1/s1. The molecule has 2 aromatic carbocycles. The Labute approximate surface area is 187 Å². The SMILES string of the molecule is CCC[C@H]1S/C(=N\N=C/c2ccc(OC)cc2OC)N(Cc2ccc(OC)cc2)C1=O. The summed E-state index contributed by atoms with van der Waals surface area (Å²) in [6, 6.07) is 13.1. The fourth-order valence-corrected chi connectivity index (χ4v) is 4.37. The van der Waals surface area contributed by atoms with Crippen molar-refractivity contribution in [2.24, 2.45) is 10.2 Å². The summed E-state index contributed by atoms with van der Waals surface area (Å²) in [6.45, 7) is 2.52. The quantitative estimate of drug-likeness (QED) is 0.427. The smallest absolute Gasteiger partial charge is 0.242 e. The Morgan fingerprint density at radius 1 is 1.03 bits per heavy atom. The zero-order valence-electron chi connectivity index (χ0n) is 18.2. The van der Waals surface area contributed by atoms with Crippen molar-refractivity contribution in [1.82, 2.24) is 4.90 Å². The number of rotatable bonds is 9. The first-order valence-corrected chi connectivity index (χ1v) is 10.9. The highest BCUT2D eigenvalue weighted by Crippen LogP contribution is 2.32. The first kappa shape index (κ1) is 22.7. The molecule has 164 valence electrons. The lowest BCUT2D eigenvalue weighted by Crippen LogP contribution is -2.31. The molecule has 3 rings (SSSR count). The van der Waals surface area contributed by atoms with Gasteiger partial charge in [0.25, 0.3) is 0 Å². The van der Waals surface area contributed by atoms with Gasteiger partial charge in [-0.3, -0.25) is 9.69 Å². The average Bonchev–Trinajstić information content (AvgIpc) is 3.09. The molecule has 1 aliphatic rings. The van der Waals surface area contributed by atoms with Gasteiger partial charge in [0.15, 0.2) is 5.17 Å². The molecule has 1 fully saturated rings. The Balaban J connectivity index is 1.82. The summed E-state index contributed by atoms with van der Waals surface area (Å²) in [7, 11) is 4.83. The number of methoxy groups -OCH3 is 3. The van der Waals surface area contributed by atoms with Gasteiger partial charge in [-0.15, -0.1) is 5.10 Å². The Morgan fingerprint density at radius 3 is 2.39 bits per heavy atom. The highest BCUT2D eigenvalue weighted by Gasteiger charge is 2.37. The van der Waals surface area contributed by atoms with E-state index in [0.29, 0.717) is 23.2 Å². The second-order valence-corrected chi connectivity index (χ2v) is 8.07. The highest BCUT2D eigenvalue weighted by molar-refractivity contribution is 8.15. The second kappa shape index (κ2) is 10.9. The summed E-state index contributed by atoms with van der Waals surface area (Å²) < 4.78 is 15.8. The number of carbonyl (C=O) groups is 1. The largest absolute Gasteiger partial charge is 0.497 e. The summed E-state index contributed by atoms with van der Waals surface area (Å²) in [5, 5.41) is 9.09. The van der Waals surface area contributed by atoms with Gasteiger partial charge in [-0.05, 0) is 36.2 Å². The minimum absolute atomic E-state index is 0.0682. The van der Waals surface area contributed by atoms with Gasteiger partial charge < -0.3 is 14.2 Å². The van der Waals surface area contributed by atoms with Gasteiger partial charge >= 0.3 is 0 Å². The summed E-state index contributed by atoms with van der Waals surface area (Å²) in [6.07, 6.45) is 3.35. The molecule has 31 heavy (non-hydrogen) atoms. The van der Waals surface area contributed by atoms with Crippen LogP contribution in [0.4, 0.5) is 0 Å². The van der Waals surface area contributed by atoms with Crippen LogP contribution in [-0.4, -0.2) is 48.8 Å². The monoisotopic (exact) mass is 441 g/mol. The van der Waals surface area contributed by atoms with Crippen molar-refractivity contribution in [2.75, 3.05) is 21.3 Å². The maximum atomic E-state index is 13.0. The van der Waals surface area contributed by atoms with Gasteiger partial charge in [0.05, 0.1) is 39.3 Å². The molecule has 1 aliphatic heterocycles. The molecule has 0 radical (unpaired) electrons. The number of thioether (sulfide) groups is 1. The Morgan fingerprint density at radius 2 is 1.74 bits per heavy atom. The number of nitrogens with zero attached hydrogens (tertiary/aromatic N) is 3. The van der Waals surface area contributed by atoms with E-state index in [-0.39, 0.29) is 11.2 Å². The van der Waals surface area contributed by atoms with Crippen molar-refractivity contribution in [1.29, 1.82) is 0 Å². The topological polar surface area (TPSA) is 72.7 Å². The van der Waals surface area contributed by atoms with Crippen LogP contribution in [0.2, 0.25) is 0 Å². The van der Waals surface area contributed by atoms with E-state index in [1.807, 2.05) is 36.4 Å². The summed E-state index contributed by atoms with van der Waals surface area (Å²) in [5.74, 6) is 2.18. The van der Waals surface area contributed by atoms with E-state index < -0.39 is 0 Å². The predicted molar refractivity (Wildman–Crippen MR) is 124 cm³/mol. The van der Waals surface area contributed by atoms with Gasteiger partial charge in [-0.1, -0.05) is 37.2 Å². The van der Waals surface area contributed by atoms with Crippen LogP contribution in [0, 0.1) is 0 Å². The first-order valence-electron chi connectivity index (χ1n) is 10.0. The highest BCUT2D eigenvalue weighted by atomic mass is 32.2. The number of hydrogen-bond donors (Lipinski definition) is 0. The Hall–Kier alpha value is -3.00. The lowest BCUT2D eigenvalue weighted by atomic mass is 10.2. The van der Waals surface area contributed by atoms with Crippen molar-refractivity contribution in [3.8, 4) is 17.2 Å². The zero-order valence-corrected chi connectivity index (χ0v) is 19.0. The molecule has 0 aromatic heterocycles. The molecule has 1 atom stereocenters. The molecule has 0 N–H and O–H groups in total. The van der Waals surface area contributed by atoms with Crippen LogP contribution >= 0.6 is 11.8 Å². The van der Waals surface area contributed by atoms with Gasteiger partial charge in [0, 0.05) is 11.6 Å². The van der Waals surface area contributed by atoms with Crippen LogP contribution in [0.15, 0.2) is 52.7 Å². The second-order valence-electron chi connectivity index (χ2n) is 6.90. The molecule has 1 heterocycles. The van der Waals surface area contributed by atoms with Crippen molar-refractivity contribution in [2.45, 2.75) is 31.6 Å². The fourth-order valence-electron chi connectivity index (χ4n) is 3.16. The molecule has 1 saturated heterocycles. The molecule has 0 bridgehead atoms. The summed E-state index contributed by atoms with van der Waals surface area (Å²) in [4.78, 5) is 14.7. The molecular formula is C23H27N3O4S. The first-order chi connectivity index (χ1) is 15.1. The third-order valence-corrected chi connectivity index (χ3v) is 6.09. The van der Waals surface area contributed by atoms with Gasteiger partial charge in [-0.25, -0.2) is 0 Å². The van der Waals surface area contributed by atoms with Crippen LogP contribution < -0.4 is 14.2 Å². The van der Waals surface area contributed by atoms with Crippen LogP contribution in [0.3, 0.4) is 0 Å². The zero-order chi connectivity index (χ0) is 22.2.